The molecule has 0 aliphatic rings. The van der Waals surface area contributed by atoms with E-state index in [-0.39, 0.29) is 29.9 Å². The molecule has 0 unspecified atom stereocenters. The van der Waals surface area contributed by atoms with Crippen LogP contribution in [0.5, 0.6) is 0 Å². The summed E-state index contributed by atoms with van der Waals surface area (Å²) in [5.41, 5.74) is 7.47. The van der Waals surface area contributed by atoms with E-state index in [1.165, 1.54) is 4.57 Å². The number of unbranched alkanes of at least 4 members (excludes halogenated alkanes) is 1. The first-order valence-electron chi connectivity index (χ1n) is 10.2. The van der Waals surface area contributed by atoms with Crippen molar-refractivity contribution in [3.05, 3.63) is 32.2 Å². The van der Waals surface area contributed by atoms with Gasteiger partial charge in [-0.2, -0.15) is 5.10 Å². The zero-order valence-electron chi connectivity index (χ0n) is 18.7. The zero-order chi connectivity index (χ0) is 22.6. The second kappa shape index (κ2) is 9.64. The Bertz CT molecular complexity index is 1020. The number of aromatic nitrogens is 4. The second-order valence-corrected chi connectivity index (χ2v) is 7.99. The molecule has 2 heterocycles. The zero-order valence-corrected chi connectivity index (χ0v) is 18.7. The van der Waals surface area contributed by atoms with Gasteiger partial charge in [0, 0.05) is 20.1 Å². The summed E-state index contributed by atoms with van der Waals surface area (Å²) in [5.74, 6) is -0.0477. The van der Waals surface area contributed by atoms with Gasteiger partial charge in [0.15, 0.2) is 0 Å². The van der Waals surface area contributed by atoms with Gasteiger partial charge in [0.05, 0.1) is 23.6 Å². The number of nitrogen functional groups attached to an aromatic ring is 1. The van der Waals surface area contributed by atoms with Crippen LogP contribution < -0.4 is 27.2 Å². The van der Waals surface area contributed by atoms with Crippen LogP contribution in [0.15, 0.2) is 9.59 Å². The molecule has 0 aliphatic carbocycles. The highest BCUT2D eigenvalue weighted by Gasteiger charge is 2.22. The van der Waals surface area contributed by atoms with E-state index in [1.54, 1.807) is 9.58 Å². The Morgan fingerprint density at radius 1 is 1.30 bits per heavy atom. The number of aryl methyl sites for hydroxylation is 2. The number of H-pyrrole nitrogens is 1. The first kappa shape index (κ1) is 23.2. The fourth-order valence-corrected chi connectivity index (χ4v) is 3.36. The normalized spacial score (nSPS) is 11.2. The molecule has 0 fully saturated rings. The summed E-state index contributed by atoms with van der Waals surface area (Å²) < 4.78 is 3.05. The fourth-order valence-electron chi connectivity index (χ4n) is 3.36. The van der Waals surface area contributed by atoms with Gasteiger partial charge in [-0.05, 0) is 26.2 Å². The van der Waals surface area contributed by atoms with Gasteiger partial charge in [-0.25, -0.2) is 4.79 Å². The number of nitrogens with two attached hydrogens (primary N) is 1. The third-order valence-electron chi connectivity index (χ3n) is 4.97. The van der Waals surface area contributed by atoms with Crippen molar-refractivity contribution in [3.63, 3.8) is 0 Å². The van der Waals surface area contributed by atoms with Gasteiger partial charge in [-0.15, -0.1) is 0 Å². The summed E-state index contributed by atoms with van der Waals surface area (Å²) >= 11 is 0. The standard InChI is InChI=1S/C20H33N7O3/c1-7-8-9-26(11-15(28)22-16-13(4)24-25(6)14(16)5)17-18(21)27(10-12(2)3)20(30)23-19(17)29/h12H,7-11,21H2,1-6H3,(H,22,28)(H,23,29,30). The van der Waals surface area contributed by atoms with E-state index in [4.69, 9.17) is 5.73 Å². The smallest absolute Gasteiger partial charge is 0.330 e. The molecule has 0 saturated heterocycles. The topological polar surface area (TPSA) is 131 Å². The van der Waals surface area contributed by atoms with E-state index < -0.39 is 11.2 Å². The van der Waals surface area contributed by atoms with Crippen LogP contribution in [-0.2, 0) is 18.4 Å². The molecular formula is C20H33N7O3. The number of amides is 1. The summed E-state index contributed by atoms with van der Waals surface area (Å²) in [6.07, 6.45) is 1.64. The number of carbonyl (C=O) groups excluding carboxylic acids is 1. The molecule has 2 aromatic rings. The van der Waals surface area contributed by atoms with Crippen molar-refractivity contribution >= 4 is 23.1 Å². The van der Waals surface area contributed by atoms with Crippen LogP contribution in [0, 0.1) is 19.8 Å². The Hall–Kier alpha value is -3.04. The molecule has 0 aliphatic heterocycles. The summed E-state index contributed by atoms with van der Waals surface area (Å²) in [6, 6.07) is 0. The van der Waals surface area contributed by atoms with Crippen molar-refractivity contribution in [2.75, 3.05) is 29.0 Å². The molecule has 4 N–H and O–H groups in total. The van der Waals surface area contributed by atoms with Crippen molar-refractivity contribution < 1.29 is 4.79 Å². The maximum Gasteiger partial charge on any atom is 0.330 e. The molecular weight excluding hydrogens is 386 g/mol. The summed E-state index contributed by atoms with van der Waals surface area (Å²) in [7, 11) is 1.81. The highest BCUT2D eigenvalue weighted by molar-refractivity contribution is 5.95. The number of hydrogen-bond acceptors (Lipinski definition) is 6. The Morgan fingerprint density at radius 2 is 1.97 bits per heavy atom. The predicted octanol–water partition coefficient (Wildman–Crippen LogP) is 1.37. The van der Waals surface area contributed by atoms with Gasteiger partial charge >= 0.3 is 5.69 Å². The molecule has 30 heavy (non-hydrogen) atoms. The lowest BCUT2D eigenvalue weighted by Gasteiger charge is -2.26. The summed E-state index contributed by atoms with van der Waals surface area (Å²) in [6.45, 7) is 10.4. The first-order valence-corrected chi connectivity index (χ1v) is 10.2. The number of hydrogen-bond donors (Lipinski definition) is 3. The molecule has 2 aromatic heterocycles. The van der Waals surface area contributed by atoms with Crippen LogP contribution in [0.3, 0.4) is 0 Å². The molecule has 0 spiro atoms. The van der Waals surface area contributed by atoms with E-state index in [1.807, 2.05) is 41.7 Å². The first-order chi connectivity index (χ1) is 14.1. The monoisotopic (exact) mass is 419 g/mol. The minimum absolute atomic E-state index is 0.0685. The molecule has 10 nitrogen and oxygen atoms in total. The lowest BCUT2D eigenvalue weighted by molar-refractivity contribution is -0.115. The molecule has 2 rings (SSSR count). The maximum atomic E-state index is 12.8. The van der Waals surface area contributed by atoms with Gasteiger partial charge in [-0.3, -0.25) is 23.8 Å². The molecule has 0 radical (unpaired) electrons. The minimum Gasteiger partial charge on any atom is -0.383 e. The number of rotatable bonds is 9. The van der Waals surface area contributed by atoms with E-state index >= 15 is 0 Å². The van der Waals surface area contributed by atoms with Crippen LogP contribution in [0.2, 0.25) is 0 Å². The van der Waals surface area contributed by atoms with Crippen molar-refractivity contribution in [1.82, 2.24) is 19.3 Å². The van der Waals surface area contributed by atoms with Crippen LogP contribution >= 0.6 is 0 Å². The molecule has 10 heteroatoms. The average molecular weight is 420 g/mol. The van der Waals surface area contributed by atoms with Crippen LogP contribution in [0.4, 0.5) is 17.2 Å². The lowest BCUT2D eigenvalue weighted by Crippen LogP contribution is -2.42. The number of nitrogens with one attached hydrogen (secondary N) is 2. The SMILES string of the molecule is CCCCN(CC(=O)Nc1c(C)nn(C)c1C)c1c(N)n(CC(C)C)c(=O)[nH]c1=O. The quantitative estimate of drug-likeness (QED) is 0.563. The molecule has 0 aromatic carbocycles. The van der Waals surface area contributed by atoms with Crippen molar-refractivity contribution in [2.24, 2.45) is 13.0 Å². The van der Waals surface area contributed by atoms with E-state index in [0.29, 0.717) is 24.5 Å². The number of carbonyl (C=O) groups is 1. The minimum atomic E-state index is -0.588. The predicted molar refractivity (Wildman–Crippen MR) is 119 cm³/mol. The van der Waals surface area contributed by atoms with Crippen LogP contribution in [-0.4, -0.2) is 38.3 Å². The number of anilines is 3. The van der Waals surface area contributed by atoms with E-state index in [9.17, 15) is 14.4 Å². The third kappa shape index (κ3) is 5.11. The third-order valence-corrected chi connectivity index (χ3v) is 4.97. The average Bonchev–Trinajstić information content (AvgIpc) is 2.88. The van der Waals surface area contributed by atoms with Gasteiger partial charge in [0.1, 0.15) is 11.5 Å². The Morgan fingerprint density at radius 3 is 2.50 bits per heavy atom. The molecule has 0 bridgehead atoms. The van der Waals surface area contributed by atoms with Crippen LogP contribution in [0.1, 0.15) is 45.0 Å². The highest BCUT2D eigenvalue weighted by Crippen LogP contribution is 2.20. The van der Waals surface area contributed by atoms with Gasteiger partial charge in [0.2, 0.25) is 5.91 Å². The molecule has 0 atom stereocenters. The van der Waals surface area contributed by atoms with E-state index in [2.05, 4.69) is 15.4 Å². The van der Waals surface area contributed by atoms with Crippen molar-refractivity contribution in [1.29, 1.82) is 0 Å². The van der Waals surface area contributed by atoms with Crippen molar-refractivity contribution in [3.8, 4) is 0 Å². The van der Waals surface area contributed by atoms with Gasteiger partial charge < -0.3 is 16.0 Å². The molecule has 1 amide bonds. The number of nitrogens with zero attached hydrogens (tertiary/aromatic N) is 4. The Balaban J connectivity index is 2.39. The summed E-state index contributed by atoms with van der Waals surface area (Å²) in [4.78, 5) is 41.7. The van der Waals surface area contributed by atoms with Crippen LogP contribution in [0.25, 0.3) is 0 Å². The van der Waals surface area contributed by atoms with E-state index in [0.717, 1.165) is 18.5 Å². The Kier molecular flexibility index (Phi) is 7.47. The van der Waals surface area contributed by atoms with Gasteiger partial charge in [-0.1, -0.05) is 27.2 Å². The Labute approximate surface area is 176 Å². The van der Waals surface area contributed by atoms with Gasteiger partial charge in [0.25, 0.3) is 5.56 Å². The fraction of sp³-hybridized carbons (Fsp3) is 0.600. The number of aromatic amines is 1. The second-order valence-electron chi connectivity index (χ2n) is 7.99. The maximum absolute atomic E-state index is 12.8. The molecule has 0 saturated carbocycles. The molecule has 166 valence electrons. The summed E-state index contributed by atoms with van der Waals surface area (Å²) in [5, 5.41) is 7.19. The largest absolute Gasteiger partial charge is 0.383 e. The lowest BCUT2D eigenvalue weighted by atomic mass is 10.2. The van der Waals surface area contributed by atoms with Crippen molar-refractivity contribution in [2.45, 2.75) is 54.0 Å². The highest BCUT2D eigenvalue weighted by atomic mass is 16.2.